The van der Waals surface area contributed by atoms with Gasteiger partial charge in [0.2, 0.25) is 0 Å². The first-order chi connectivity index (χ1) is 14.6. The summed E-state index contributed by atoms with van der Waals surface area (Å²) < 4.78 is 19.2. The van der Waals surface area contributed by atoms with Gasteiger partial charge in [0.25, 0.3) is 5.91 Å². The number of carbonyl (C=O) groups excluding carboxylic acids is 1. The summed E-state index contributed by atoms with van der Waals surface area (Å²) in [6.45, 7) is 0.392. The minimum absolute atomic E-state index is 0.00883. The average Bonchev–Trinajstić information content (AvgIpc) is 3.47. The summed E-state index contributed by atoms with van der Waals surface area (Å²) in [7, 11) is 0. The molecular formula is C19H14ClFN8O. The van der Waals surface area contributed by atoms with Gasteiger partial charge in [-0.3, -0.25) is 4.79 Å². The van der Waals surface area contributed by atoms with Crippen LogP contribution < -0.4 is 5.32 Å². The maximum atomic E-state index is 14.3. The highest BCUT2D eigenvalue weighted by Crippen LogP contribution is 2.21. The highest BCUT2D eigenvalue weighted by Gasteiger charge is 2.16. The fourth-order valence-corrected chi connectivity index (χ4v) is 3.32. The van der Waals surface area contributed by atoms with E-state index >= 15 is 0 Å². The van der Waals surface area contributed by atoms with Crippen LogP contribution in [-0.4, -0.2) is 39.7 Å². The molecule has 0 radical (unpaired) electrons. The number of hydrogen-bond acceptors (Lipinski definition) is 5. The zero-order chi connectivity index (χ0) is 20.7. The third kappa shape index (κ3) is 3.26. The molecule has 0 fully saturated rings. The number of nitrogens with one attached hydrogen (secondary N) is 1. The zero-order valence-corrected chi connectivity index (χ0v) is 16.2. The number of hydrogen-bond donors (Lipinski definition) is 1. The van der Waals surface area contributed by atoms with Gasteiger partial charge in [0.1, 0.15) is 11.2 Å². The van der Waals surface area contributed by atoms with E-state index in [1.54, 1.807) is 6.20 Å². The van der Waals surface area contributed by atoms with Gasteiger partial charge in [-0.2, -0.15) is 0 Å². The van der Waals surface area contributed by atoms with Crippen molar-refractivity contribution in [1.29, 1.82) is 0 Å². The van der Waals surface area contributed by atoms with E-state index in [0.29, 0.717) is 12.2 Å². The SMILES string of the molecule is O=C(NCc1ncn2ccc(Cl)c(F)c12)c1cn(Cc2cn3ccccc3n2)nn1. The average molecular weight is 425 g/mol. The lowest BCUT2D eigenvalue weighted by Crippen LogP contribution is -2.23. The van der Waals surface area contributed by atoms with Crippen LogP contribution in [0.1, 0.15) is 21.9 Å². The lowest BCUT2D eigenvalue weighted by molar-refractivity contribution is 0.0945. The van der Waals surface area contributed by atoms with E-state index < -0.39 is 11.7 Å². The molecule has 5 aromatic heterocycles. The predicted octanol–water partition coefficient (Wildman–Crippen LogP) is 2.34. The van der Waals surface area contributed by atoms with E-state index in [0.717, 1.165) is 11.3 Å². The van der Waals surface area contributed by atoms with E-state index in [4.69, 9.17) is 11.6 Å². The van der Waals surface area contributed by atoms with Crippen molar-refractivity contribution in [2.45, 2.75) is 13.1 Å². The molecule has 0 saturated carbocycles. The Morgan fingerprint density at radius 3 is 2.93 bits per heavy atom. The van der Waals surface area contributed by atoms with Crippen LogP contribution in [0.3, 0.4) is 0 Å². The minimum Gasteiger partial charge on any atom is -0.345 e. The first kappa shape index (κ1) is 18.3. The van der Waals surface area contributed by atoms with Crippen LogP contribution in [0.4, 0.5) is 4.39 Å². The number of carbonyl (C=O) groups is 1. The quantitative estimate of drug-likeness (QED) is 0.467. The number of halogens is 2. The molecule has 5 rings (SSSR count). The third-order valence-electron chi connectivity index (χ3n) is 4.59. The van der Waals surface area contributed by atoms with Crippen LogP contribution in [0, 0.1) is 5.82 Å². The normalized spacial score (nSPS) is 11.4. The van der Waals surface area contributed by atoms with Crippen molar-refractivity contribution in [3.63, 3.8) is 0 Å². The maximum Gasteiger partial charge on any atom is 0.273 e. The molecule has 0 bridgehead atoms. The molecule has 0 aliphatic heterocycles. The molecule has 9 nitrogen and oxygen atoms in total. The van der Waals surface area contributed by atoms with Gasteiger partial charge in [-0.15, -0.1) is 5.10 Å². The van der Waals surface area contributed by atoms with Crippen LogP contribution >= 0.6 is 11.6 Å². The molecule has 0 saturated heterocycles. The second-order valence-electron chi connectivity index (χ2n) is 6.61. The number of rotatable bonds is 5. The summed E-state index contributed by atoms with van der Waals surface area (Å²) in [6.07, 6.45) is 8.38. The van der Waals surface area contributed by atoms with Crippen molar-refractivity contribution < 1.29 is 9.18 Å². The van der Waals surface area contributed by atoms with Crippen molar-refractivity contribution >= 4 is 28.7 Å². The number of amides is 1. The Balaban J connectivity index is 1.28. The summed E-state index contributed by atoms with van der Waals surface area (Å²) in [6, 6.07) is 7.17. The molecule has 0 atom stereocenters. The molecule has 0 unspecified atom stereocenters. The Kier molecular flexibility index (Phi) is 4.40. The summed E-state index contributed by atoms with van der Waals surface area (Å²) in [5.41, 5.74) is 2.33. The molecule has 0 aliphatic rings. The maximum absolute atomic E-state index is 14.3. The first-order valence-electron chi connectivity index (χ1n) is 8.99. The fraction of sp³-hybridized carbons (Fsp3) is 0.105. The van der Waals surface area contributed by atoms with Crippen molar-refractivity contribution in [2.75, 3.05) is 0 Å². The molecule has 0 aliphatic carbocycles. The summed E-state index contributed by atoms with van der Waals surface area (Å²) in [5.74, 6) is -1.03. The van der Waals surface area contributed by atoms with E-state index in [9.17, 15) is 9.18 Å². The van der Waals surface area contributed by atoms with Crippen molar-refractivity contribution in [3.05, 3.63) is 83.3 Å². The van der Waals surface area contributed by atoms with Crippen molar-refractivity contribution in [1.82, 2.24) is 39.1 Å². The molecule has 1 N–H and O–H groups in total. The Labute approximate surface area is 173 Å². The molecular weight excluding hydrogens is 411 g/mol. The van der Waals surface area contributed by atoms with Gasteiger partial charge in [0.15, 0.2) is 11.5 Å². The van der Waals surface area contributed by atoms with Gasteiger partial charge in [0.05, 0.1) is 42.0 Å². The molecule has 30 heavy (non-hydrogen) atoms. The van der Waals surface area contributed by atoms with Gasteiger partial charge in [-0.1, -0.05) is 22.9 Å². The van der Waals surface area contributed by atoms with Crippen molar-refractivity contribution in [3.8, 4) is 0 Å². The fourth-order valence-electron chi connectivity index (χ4n) is 3.18. The van der Waals surface area contributed by atoms with Crippen LogP contribution in [-0.2, 0) is 13.1 Å². The summed E-state index contributed by atoms with van der Waals surface area (Å²) in [5, 5.41) is 10.6. The minimum atomic E-state index is -0.584. The highest BCUT2D eigenvalue weighted by atomic mass is 35.5. The van der Waals surface area contributed by atoms with Gasteiger partial charge in [0, 0.05) is 18.6 Å². The number of pyridine rings is 2. The second kappa shape index (κ2) is 7.23. The summed E-state index contributed by atoms with van der Waals surface area (Å²) in [4.78, 5) is 21.1. The Morgan fingerprint density at radius 2 is 2.07 bits per heavy atom. The van der Waals surface area contributed by atoms with Crippen LogP contribution in [0.15, 0.2) is 55.4 Å². The zero-order valence-electron chi connectivity index (χ0n) is 15.4. The lowest BCUT2D eigenvalue weighted by atomic mass is 10.3. The Bertz CT molecular complexity index is 1350. The van der Waals surface area contributed by atoms with E-state index in [1.165, 1.54) is 27.7 Å². The van der Waals surface area contributed by atoms with Gasteiger partial charge in [-0.05, 0) is 18.2 Å². The van der Waals surface area contributed by atoms with E-state index in [-0.39, 0.29) is 22.8 Å². The second-order valence-corrected chi connectivity index (χ2v) is 7.01. The molecule has 5 aromatic rings. The van der Waals surface area contributed by atoms with Gasteiger partial charge >= 0.3 is 0 Å². The monoisotopic (exact) mass is 424 g/mol. The van der Waals surface area contributed by atoms with Crippen LogP contribution in [0.25, 0.3) is 11.2 Å². The van der Waals surface area contributed by atoms with E-state index in [1.807, 2.05) is 35.0 Å². The Morgan fingerprint density at radius 1 is 1.17 bits per heavy atom. The topological polar surface area (TPSA) is 94.4 Å². The van der Waals surface area contributed by atoms with Crippen molar-refractivity contribution in [2.24, 2.45) is 0 Å². The largest absolute Gasteiger partial charge is 0.345 e. The molecule has 1 amide bonds. The molecule has 5 heterocycles. The first-order valence-corrected chi connectivity index (χ1v) is 9.37. The van der Waals surface area contributed by atoms with E-state index in [2.05, 4.69) is 25.6 Å². The van der Waals surface area contributed by atoms with Gasteiger partial charge in [-0.25, -0.2) is 19.0 Å². The molecule has 0 spiro atoms. The van der Waals surface area contributed by atoms with Crippen LogP contribution in [0.5, 0.6) is 0 Å². The number of fused-ring (bicyclic) bond motifs is 2. The summed E-state index contributed by atoms with van der Waals surface area (Å²) >= 11 is 5.84. The molecule has 11 heteroatoms. The Hall–Kier alpha value is -3.79. The number of imidazole rings is 2. The van der Waals surface area contributed by atoms with Crippen LogP contribution in [0.2, 0.25) is 5.02 Å². The standard InChI is InChI=1S/C19H14ClFN8O/c20-13-4-6-28-11-23-14(18(28)17(13)21)7-22-19(30)15-10-29(26-25-15)9-12-8-27-5-2-1-3-16(27)24-12/h1-6,8,10-11H,7,9H2,(H,22,30). The highest BCUT2D eigenvalue weighted by molar-refractivity contribution is 6.31. The molecule has 0 aromatic carbocycles. The third-order valence-corrected chi connectivity index (χ3v) is 4.89. The number of nitrogens with zero attached hydrogens (tertiary/aromatic N) is 7. The van der Waals surface area contributed by atoms with Gasteiger partial charge < -0.3 is 14.1 Å². The smallest absolute Gasteiger partial charge is 0.273 e. The number of aromatic nitrogens is 7. The lowest BCUT2D eigenvalue weighted by Gasteiger charge is -2.03. The predicted molar refractivity (Wildman–Crippen MR) is 106 cm³/mol. The molecule has 150 valence electrons.